The number of benzene rings is 2. The van der Waals surface area contributed by atoms with Crippen molar-refractivity contribution in [3.05, 3.63) is 66.5 Å². The predicted octanol–water partition coefficient (Wildman–Crippen LogP) is 2.77. The van der Waals surface area contributed by atoms with E-state index in [0.717, 1.165) is 18.7 Å². The Balaban J connectivity index is 1.31. The number of aromatic nitrogens is 2. The molecule has 0 bridgehead atoms. The van der Waals surface area contributed by atoms with Crippen LogP contribution in [-0.2, 0) is 4.79 Å². The molecule has 0 unspecified atom stereocenters. The number of hydrogen-bond donors (Lipinski definition) is 1. The van der Waals surface area contributed by atoms with Crippen molar-refractivity contribution in [3.8, 4) is 0 Å². The Morgan fingerprint density at radius 2 is 2.00 bits per heavy atom. The van der Waals surface area contributed by atoms with Crippen LogP contribution in [0.1, 0.15) is 24.6 Å². The van der Waals surface area contributed by atoms with Gasteiger partial charge in [-0.15, -0.1) is 0 Å². The zero-order chi connectivity index (χ0) is 17.2. The summed E-state index contributed by atoms with van der Waals surface area (Å²) in [5.74, 6) is 0.0690. The Kier molecular flexibility index (Phi) is 4.24. The molecular weight excluding hydrogens is 312 g/mol. The lowest BCUT2D eigenvalue weighted by Crippen LogP contribution is -2.51. The Hall–Kier alpha value is -2.66. The first-order valence-electron chi connectivity index (χ1n) is 8.68. The molecule has 0 aliphatic carbocycles. The van der Waals surface area contributed by atoms with Crippen molar-refractivity contribution >= 4 is 16.7 Å². The van der Waals surface area contributed by atoms with Gasteiger partial charge in [0, 0.05) is 25.5 Å². The Labute approximate surface area is 147 Å². The average molecular weight is 334 g/mol. The minimum Gasteiger partial charge on any atom is -0.348 e. The van der Waals surface area contributed by atoms with Crippen molar-refractivity contribution in [2.75, 3.05) is 19.6 Å². The van der Waals surface area contributed by atoms with Gasteiger partial charge in [0.2, 0.25) is 5.91 Å². The molecule has 0 saturated carbocycles. The molecule has 1 aromatic heterocycles. The summed E-state index contributed by atoms with van der Waals surface area (Å²) in [4.78, 5) is 14.5. The molecule has 1 saturated heterocycles. The van der Waals surface area contributed by atoms with Gasteiger partial charge >= 0.3 is 0 Å². The third kappa shape index (κ3) is 3.42. The highest BCUT2D eigenvalue weighted by Gasteiger charge is 2.29. The molecule has 1 N–H and O–H groups in total. The molecule has 5 nitrogen and oxygen atoms in total. The molecule has 128 valence electrons. The highest BCUT2D eigenvalue weighted by molar-refractivity contribution is 5.83. The molecule has 0 spiro atoms. The van der Waals surface area contributed by atoms with E-state index in [0.29, 0.717) is 12.6 Å². The fourth-order valence-electron chi connectivity index (χ4n) is 3.39. The van der Waals surface area contributed by atoms with Gasteiger partial charge in [0.05, 0.1) is 18.6 Å². The SMILES string of the molecule is C[C@H](NC(=O)CN1CC(n2cccn2)C1)c1ccc2ccccc2c1. The van der Waals surface area contributed by atoms with Gasteiger partial charge < -0.3 is 5.32 Å². The van der Waals surface area contributed by atoms with Crippen molar-refractivity contribution in [2.24, 2.45) is 0 Å². The largest absolute Gasteiger partial charge is 0.348 e. The number of nitrogens with one attached hydrogen (secondary N) is 1. The van der Waals surface area contributed by atoms with Gasteiger partial charge in [0.1, 0.15) is 0 Å². The lowest BCUT2D eigenvalue weighted by atomic mass is 10.0. The number of amides is 1. The first-order valence-corrected chi connectivity index (χ1v) is 8.68. The summed E-state index contributed by atoms with van der Waals surface area (Å²) < 4.78 is 1.96. The maximum absolute atomic E-state index is 12.3. The second kappa shape index (κ2) is 6.69. The zero-order valence-corrected chi connectivity index (χ0v) is 14.3. The van der Waals surface area contributed by atoms with Crippen molar-refractivity contribution in [1.82, 2.24) is 20.0 Å². The van der Waals surface area contributed by atoms with Crippen LogP contribution in [0.2, 0.25) is 0 Å². The van der Waals surface area contributed by atoms with E-state index >= 15 is 0 Å². The molecule has 5 heteroatoms. The predicted molar refractivity (Wildman–Crippen MR) is 98.2 cm³/mol. The minimum absolute atomic E-state index is 0.000273. The number of rotatable bonds is 5. The normalized spacial score (nSPS) is 16.5. The quantitative estimate of drug-likeness (QED) is 0.780. The second-order valence-electron chi connectivity index (χ2n) is 6.73. The maximum atomic E-state index is 12.3. The van der Waals surface area contributed by atoms with E-state index in [1.165, 1.54) is 10.8 Å². The average Bonchev–Trinajstić information content (AvgIpc) is 3.11. The smallest absolute Gasteiger partial charge is 0.234 e. The minimum atomic E-state index is 0.000273. The second-order valence-corrected chi connectivity index (χ2v) is 6.73. The summed E-state index contributed by atoms with van der Waals surface area (Å²) >= 11 is 0. The summed E-state index contributed by atoms with van der Waals surface area (Å²) in [6.45, 7) is 4.22. The Morgan fingerprint density at radius 3 is 2.76 bits per heavy atom. The van der Waals surface area contributed by atoms with Crippen molar-refractivity contribution in [1.29, 1.82) is 0 Å². The number of likely N-dealkylation sites (tertiary alicyclic amines) is 1. The van der Waals surface area contributed by atoms with E-state index in [2.05, 4.69) is 45.6 Å². The first kappa shape index (κ1) is 15.8. The van der Waals surface area contributed by atoms with E-state index in [1.54, 1.807) is 6.20 Å². The molecular formula is C20H22N4O. The molecule has 4 rings (SSSR count). The number of carbonyl (C=O) groups is 1. The number of carbonyl (C=O) groups excluding carboxylic acids is 1. The molecule has 2 aromatic carbocycles. The van der Waals surface area contributed by atoms with Crippen LogP contribution < -0.4 is 5.32 Å². The van der Waals surface area contributed by atoms with Gasteiger partial charge in [-0.25, -0.2) is 0 Å². The fraction of sp³-hybridized carbons (Fsp3) is 0.300. The van der Waals surface area contributed by atoms with E-state index in [9.17, 15) is 4.79 Å². The molecule has 2 heterocycles. The maximum Gasteiger partial charge on any atom is 0.234 e. The van der Waals surface area contributed by atoms with E-state index in [-0.39, 0.29) is 11.9 Å². The third-order valence-electron chi connectivity index (χ3n) is 4.86. The molecule has 1 atom stereocenters. The highest BCUT2D eigenvalue weighted by Crippen LogP contribution is 2.21. The van der Waals surface area contributed by atoms with Crippen LogP contribution in [-0.4, -0.2) is 40.2 Å². The zero-order valence-electron chi connectivity index (χ0n) is 14.3. The van der Waals surface area contributed by atoms with Gasteiger partial charge in [-0.1, -0.05) is 36.4 Å². The summed E-state index contributed by atoms with van der Waals surface area (Å²) in [5.41, 5.74) is 1.13. The molecule has 1 aliphatic heterocycles. The molecule has 1 amide bonds. The standard InChI is InChI=1S/C20H22N4O/c1-15(17-8-7-16-5-2-3-6-18(16)11-17)22-20(25)14-23-12-19(13-23)24-10-4-9-21-24/h2-11,15,19H,12-14H2,1H3,(H,22,25)/t15-/m0/s1. The molecule has 1 fully saturated rings. The molecule has 3 aromatic rings. The topological polar surface area (TPSA) is 50.2 Å². The lowest BCUT2D eigenvalue weighted by molar-refractivity contribution is -0.124. The van der Waals surface area contributed by atoms with Gasteiger partial charge in [0.25, 0.3) is 0 Å². The molecule has 25 heavy (non-hydrogen) atoms. The van der Waals surface area contributed by atoms with Crippen LogP contribution in [0.3, 0.4) is 0 Å². The monoisotopic (exact) mass is 334 g/mol. The van der Waals surface area contributed by atoms with Crippen LogP contribution >= 0.6 is 0 Å². The summed E-state index contributed by atoms with van der Waals surface area (Å²) in [5, 5.41) is 9.78. The van der Waals surface area contributed by atoms with Gasteiger partial charge in [-0.05, 0) is 35.4 Å². The van der Waals surface area contributed by atoms with Crippen LogP contribution in [0, 0.1) is 0 Å². The number of hydrogen-bond acceptors (Lipinski definition) is 3. The summed E-state index contributed by atoms with van der Waals surface area (Å²) in [6.07, 6.45) is 3.77. The van der Waals surface area contributed by atoms with Crippen LogP contribution in [0.5, 0.6) is 0 Å². The van der Waals surface area contributed by atoms with Crippen molar-refractivity contribution < 1.29 is 4.79 Å². The third-order valence-corrected chi connectivity index (χ3v) is 4.86. The first-order chi connectivity index (χ1) is 12.2. The number of nitrogens with zero attached hydrogens (tertiary/aromatic N) is 3. The fourth-order valence-corrected chi connectivity index (χ4v) is 3.39. The molecule has 1 aliphatic rings. The van der Waals surface area contributed by atoms with E-state index < -0.39 is 0 Å². The van der Waals surface area contributed by atoms with Gasteiger partial charge in [-0.3, -0.25) is 14.4 Å². The van der Waals surface area contributed by atoms with Crippen LogP contribution in [0.15, 0.2) is 60.9 Å². The summed E-state index contributed by atoms with van der Waals surface area (Å²) in [7, 11) is 0. The van der Waals surface area contributed by atoms with E-state index in [1.807, 2.05) is 36.0 Å². The Bertz CT molecular complexity index is 868. The van der Waals surface area contributed by atoms with Gasteiger partial charge in [0.15, 0.2) is 0 Å². The highest BCUT2D eigenvalue weighted by atomic mass is 16.2. The van der Waals surface area contributed by atoms with Crippen molar-refractivity contribution in [3.63, 3.8) is 0 Å². The summed E-state index contributed by atoms with van der Waals surface area (Å²) in [6, 6.07) is 16.9. The van der Waals surface area contributed by atoms with Crippen LogP contribution in [0.4, 0.5) is 0 Å². The Morgan fingerprint density at radius 1 is 1.20 bits per heavy atom. The van der Waals surface area contributed by atoms with Crippen molar-refractivity contribution in [2.45, 2.75) is 19.0 Å². The molecule has 0 radical (unpaired) electrons. The van der Waals surface area contributed by atoms with Crippen LogP contribution in [0.25, 0.3) is 10.8 Å². The number of fused-ring (bicyclic) bond motifs is 1. The van der Waals surface area contributed by atoms with Gasteiger partial charge in [-0.2, -0.15) is 5.10 Å². The lowest BCUT2D eigenvalue weighted by Gasteiger charge is -2.38. The van der Waals surface area contributed by atoms with E-state index in [4.69, 9.17) is 0 Å².